The first-order chi connectivity index (χ1) is 14.3. The van der Waals surface area contributed by atoms with Gasteiger partial charge >= 0.3 is 0 Å². The summed E-state index contributed by atoms with van der Waals surface area (Å²) in [6.45, 7) is 6.61. The number of aromatic nitrogens is 3. The molecule has 30 heavy (non-hydrogen) atoms. The molecule has 3 aromatic rings. The van der Waals surface area contributed by atoms with Crippen molar-refractivity contribution >= 4 is 27.5 Å². The van der Waals surface area contributed by atoms with Crippen molar-refractivity contribution in [2.45, 2.75) is 64.7 Å². The fraction of sp³-hybridized carbons (Fsp3) is 0.500. The van der Waals surface area contributed by atoms with Crippen LogP contribution in [0.25, 0.3) is 20.9 Å². The Bertz CT molecular complexity index is 911. The number of anilines is 1. The van der Waals surface area contributed by atoms with Crippen molar-refractivity contribution in [1.82, 2.24) is 15.0 Å². The summed E-state index contributed by atoms with van der Waals surface area (Å²) in [5.41, 5.74) is 3.32. The quantitative estimate of drug-likeness (QED) is 0.239. The van der Waals surface area contributed by atoms with E-state index in [9.17, 15) is 0 Å². The molecule has 3 aromatic heterocycles. The largest absolute Gasteiger partial charge is 0.389 e. The van der Waals surface area contributed by atoms with E-state index in [1.807, 2.05) is 6.20 Å². The third kappa shape index (κ3) is 4.76. The van der Waals surface area contributed by atoms with Crippen molar-refractivity contribution in [2.24, 2.45) is 0 Å². The summed E-state index contributed by atoms with van der Waals surface area (Å²) in [6, 6.07) is 6.59. The monoisotopic (exact) mass is 674 g/mol. The van der Waals surface area contributed by atoms with Gasteiger partial charge in [0.05, 0.1) is 4.70 Å². The summed E-state index contributed by atoms with van der Waals surface area (Å²) >= 11 is 1.73. The Morgan fingerprint density at radius 1 is 1.10 bits per heavy atom. The first-order valence-corrected chi connectivity index (χ1v) is 11.9. The predicted octanol–water partition coefficient (Wildman–Crippen LogP) is 6.63. The average Bonchev–Trinajstić information content (AvgIpc) is 3.43. The zero-order valence-electron chi connectivity index (χ0n) is 18.3. The smallest absolute Gasteiger partial charge is 0.170 e. The molecule has 4 nitrogen and oxygen atoms in total. The molecule has 0 unspecified atom stereocenters. The van der Waals surface area contributed by atoms with Crippen molar-refractivity contribution in [3.05, 3.63) is 42.6 Å². The third-order valence-electron chi connectivity index (χ3n) is 5.82. The maximum Gasteiger partial charge on any atom is 0.170 e. The van der Waals surface area contributed by atoms with Crippen LogP contribution in [0.5, 0.6) is 0 Å². The molecule has 1 aliphatic heterocycles. The van der Waals surface area contributed by atoms with Gasteiger partial charge in [0.15, 0.2) is 5.65 Å². The Hall–Kier alpha value is -3.01. The van der Waals surface area contributed by atoms with Crippen molar-refractivity contribution in [2.75, 3.05) is 18.0 Å². The van der Waals surface area contributed by atoms with E-state index in [2.05, 4.69) is 54.5 Å². The van der Waals surface area contributed by atoms with Gasteiger partial charge in [-0.1, -0.05) is 39.5 Å². The van der Waals surface area contributed by atoms with Gasteiger partial charge in [0.25, 0.3) is 0 Å². The molecule has 156 valence electrons. The minimum Gasteiger partial charge on any atom is -0.389 e. The molecule has 1 aliphatic rings. The molecule has 0 atom stereocenters. The van der Waals surface area contributed by atoms with Crippen molar-refractivity contribution < 1.29 is 0 Å². The third-order valence-corrected chi connectivity index (χ3v) is 6.86. The van der Waals surface area contributed by atoms with Gasteiger partial charge in [-0.3, -0.25) is 0 Å². The number of hydrogen-bond acceptors (Lipinski definition) is 5. The number of nitrogens with zero attached hydrogens (tertiary/aromatic N) is 4. The van der Waals surface area contributed by atoms with Crippen LogP contribution >= 0.6 is 11.3 Å². The van der Waals surface area contributed by atoms with Crippen LogP contribution in [0.15, 0.2) is 30.6 Å². The second-order valence-corrected chi connectivity index (χ2v) is 9.05. The molecular formula is C24H31N4RfS-. The van der Waals surface area contributed by atoms with Crippen molar-refractivity contribution in [3.63, 3.8) is 0 Å². The van der Waals surface area contributed by atoms with E-state index >= 15 is 0 Å². The van der Waals surface area contributed by atoms with Crippen LogP contribution in [0.1, 0.15) is 70.3 Å². The van der Waals surface area contributed by atoms with Crippen molar-refractivity contribution in [3.8, 4) is 10.6 Å². The van der Waals surface area contributed by atoms with E-state index in [0.717, 1.165) is 41.5 Å². The Morgan fingerprint density at radius 3 is 2.53 bits per heavy atom. The average molecular weight is 675 g/mol. The van der Waals surface area contributed by atoms with Gasteiger partial charge in [-0.2, -0.15) is 6.42 Å². The van der Waals surface area contributed by atoms with E-state index in [1.165, 1.54) is 48.8 Å². The van der Waals surface area contributed by atoms with Gasteiger partial charge in [-0.25, -0.2) is 15.0 Å². The van der Waals surface area contributed by atoms with Crippen LogP contribution in [-0.2, 0) is 0 Å². The molecule has 1 saturated heterocycles. The van der Waals surface area contributed by atoms with Crippen molar-refractivity contribution in [1.29, 1.82) is 0 Å². The zero-order chi connectivity index (χ0) is 20.1. The summed E-state index contributed by atoms with van der Waals surface area (Å²) in [4.78, 5) is 16.5. The molecule has 0 N–H and O–H groups in total. The topological polar surface area (TPSA) is 41.9 Å². The Kier molecular flexibility index (Phi) is 7.34. The van der Waals surface area contributed by atoms with Gasteiger partial charge < -0.3 is 11.3 Å². The number of pyridine rings is 2. The molecule has 4 heterocycles. The number of fused-ring (bicyclic) bond motifs is 1. The fourth-order valence-corrected chi connectivity index (χ4v) is 5.02. The van der Waals surface area contributed by atoms with Gasteiger partial charge in [0.1, 0.15) is 10.8 Å². The van der Waals surface area contributed by atoms with Gasteiger partial charge in [0, 0.05) is 18.0 Å². The molecule has 0 bridgehead atoms. The molecule has 0 aromatic carbocycles. The first-order valence-electron chi connectivity index (χ1n) is 11.1. The summed E-state index contributed by atoms with van der Waals surface area (Å²) < 4.78 is 1.19. The Morgan fingerprint density at radius 2 is 1.90 bits per heavy atom. The van der Waals surface area contributed by atoms with Gasteiger partial charge in [0.2, 0.25) is 0 Å². The molecular weight excluding hydrogens is 643 g/mol. The predicted molar refractivity (Wildman–Crippen MR) is 124 cm³/mol. The fourth-order valence-electron chi connectivity index (χ4n) is 4.05. The molecule has 0 radical (unpaired) electrons. The zero-order valence-corrected chi connectivity index (χ0v) is 25.5. The van der Waals surface area contributed by atoms with Gasteiger partial charge in [-0.15, -0.1) is 17.9 Å². The summed E-state index contributed by atoms with van der Waals surface area (Å²) in [7, 11) is 0. The number of thiazole rings is 1. The van der Waals surface area contributed by atoms with Gasteiger partial charge in [-0.05, 0) is 49.1 Å². The van der Waals surface area contributed by atoms with E-state index in [0.29, 0.717) is 5.92 Å². The summed E-state index contributed by atoms with van der Waals surface area (Å²) in [6.07, 6.45) is 15.1. The molecule has 0 saturated carbocycles. The first kappa shape index (κ1) is 21.7. The standard InChI is InChI=1S/C24H31N4S.Rf/c1-3-5-9-18(10-6-4-2)20-15-21-23(26-17-20)27-24(29-21)19-11-12-22(25-16-19)28-13-7-8-14-28;/h7,11-12,15-18H,3-6,8-10,13-14H2,1-2H3;/q-1;. The Balaban J connectivity index is 0.00000256. The summed E-state index contributed by atoms with van der Waals surface area (Å²) in [5.74, 6) is 1.68. The Labute approximate surface area is 178 Å². The van der Waals surface area contributed by atoms with E-state index < -0.39 is 0 Å². The van der Waals surface area contributed by atoms with Crippen LogP contribution in [0.4, 0.5) is 5.82 Å². The van der Waals surface area contributed by atoms with E-state index in [1.54, 1.807) is 11.3 Å². The number of hydrogen-bond donors (Lipinski definition) is 0. The van der Waals surface area contributed by atoms with Crippen LogP contribution in [-0.4, -0.2) is 28.0 Å². The SMILES string of the molecule is CCCCC(CCCC)c1cnc2nc(-c3ccc(N4C[CH-]CC4)nc3)sc2c1.[Rf]. The normalized spacial score (nSPS) is 13.9. The second kappa shape index (κ2) is 10.1. The number of unbranched alkanes of at least 4 members (excludes halogenated alkanes) is 2. The molecule has 6 heteroatoms. The summed E-state index contributed by atoms with van der Waals surface area (Å²) in [5, 5.41) is 1.01. The minimum atomic E-state index is 0. The number of rotatable bonds is 9. The maximum absolute atomic E-state index is 4.78. The second-order valence-electron chi connectivity index (χ2n) is 8.02. The molecule has 4 rings (SSSR count). The molecule has 0 spiro atoms. The van der Waals surface area contributed by atoms with Crippen LogP contribution in [0, 0.1) is 6.42 Å². The molecule has 0 amide bonds. The maximum atomic E-state index is 4.78. The van der Waals surface area contributed by atoms with Crippen LogP contribution in [0.2, 0.25) is 0 Å². The van der Waals surface area contributed by atoms with E-state index in [4.69, 9.17) is 9.97 Å². The van der Waals surface area contributed by atoms with Crippen LogP contribution < -0.4 is 4.90 Å². The molecule has 0 aliphatic carbocycles. The minimum absolute atomic E-state index is 0. The van der Waals surface area contributed by atoms with E-state index in [-0.39, 0.29) is 0 Å². The van der Waals surface area contributed by atoms with Crippen LogP contribution in [0.3, 0.4) is 0 Å². The molecule has 1 fully saturated rings.